The van der Waals surface area contributed by atoms with E-state index >= 15 is 0 Å². The zero-order chi connectivity index (χ0) is 18.5. The summed E-state index contributed by atoms with van der Waals surface area (Å²) in [6, 6.07) is 15.0. The summed E-state index contributed by atoms with van der Waals surface area (Å²) in [5, 5.41) is 0.871. The monoisotopic (exact) mass is 352 g/mol. The molecule has 134 valence electrons. The van der Waals surface area contributed by atoms with Gasteiger partial charge in [-0.25, -0.2) is 0 Å². The summed E-state index contributed by atoms with van der Waals surface area (Å²) in [4.78, 5) is 24.1. The van der Waals surface area contributed by atoms with Gasteiger partial charge >= 0.3 is 5.91 Å². The summed E-state index contributed by atoms with van der Waals surface area (Å²) < 4.78 is 11.0. The molecule has 2 amide bonds. The van der Waals surface area contributed by atoms with E-state index in [4.69, 9.17) is 9.15 Å². The minimum absolute atomic E-state index is 0.118. The summed E-state index contributed by atoms with van der Waals surface area (Å²) in [5.41, 5.74) is 7.24. The molecule has 26 heavy (non-hydrogen) atoms. The first-order valence-corrected chi connectivity index (χ1v) is 8.31. The number of carbonyl (C=O) groups is 2. The zero-order valence-corrected chi connectivity index (χ0v) is 14.7. The number of ether oxygens (including phenoxy) is 1. The molecule has 6 heteroatoms. The first-order valence-electron chi connectivity index (χ1n) is 8.31. The molecule has 0 atom stereocenters. The molecule has 0 aliphatic carbocycles. The molecule has 0 aliphatic heterocycles. The lowest BCUT2D eigenvalue weighted by Crippen LogP contribution is -2.42. The van der Waals surface area contributed by atoms with Crippen LogP contribution in [0.25, 0.3) is 11.0 Å². The quantitative estimate of drug-likeness (QED) is 0.691. The predicted molar refractivity (Wildman–Crippen MR) is 97.9 cm³/mol. The molecule has 0 radical (unpaired) electrons. The largest absolute Gasteiger partial charge is 0.493 e. The van der Waals surface area contributed by atoms with Crippen LogP contribution in [0.4, 0.5) is 0 Å². The van der Waals surface area contributed by atoms with Crippen LogP contribution in [0.5, 0.6) is 5.75 Å². The van der Waals surface area contributed by atoms with Crippen molar-refractivity contribution < 1.29 is 18.7 Å². The molecular weight excluding hydrogens is 332 g/mol. The number of furan rings is 1. The number of fused-ring (bicyclic) bond motifs is 1. The van der Waals surface area contributed by atoms with E-state index in [1.165, 1.54) is 0 Å². The Morgan fingerprint density at radius 1 is 1.00 bits per heavy atom. The van der Waals surface area contributed by atoms with E-state index in [2.05, 4.69) is 10.9 Å². The van der Waals surface area contributed by atoms with Gasteiger partial charge in [0.2, 0.25) is 5.91 Å². The van der Waals surface area contributed by atoms with E-state index in [1.807, 2.05) is 49.4 Å². The van der Waals surface area contributed by atoms with Crippen LogP contribution in [0.1, 0.15) is 28.1 Å². The third-order valence-corrected chi connectivity index (χ3v) is 3.98. The number of rotatable bonds is 5. The van der Waals surface area contributed by atoms with Crippen molar-refractivity contribution in [1.82, 2.24) is 10.9 Å². The number of hydrogen-bond donors (Lipinski definition) is 2. The molecule has 0 bridgehead atoms. The normalized spacial score (nSPS) is 10.5. The van der Waals surface area contributed by atoms with Crippen LogP contribution in [-0.4, -0.2) is 18.4 Å². The number of hydrogen-bond acceptors (Lipinski definition) is 4. The lowest BCUT2D eigenvalue weighted by molar-refractivity contribution is -0.122. The summed E-state index contributed by atoms with van der Waals surface area (Å²) >= 11 is 0. The molecule has 0 spiro atoms. The smallest absolute Gasteiger partial charge is 0.305 e. The van der Waals surface area contributed by atoms with Crippen molar-refractivity contribution in [1.29, 1.82) is 0 Å². The molecule has 3 aromatic rings. The van der Waals surface area contributed by atoms with Crippen LogP contribution in [-0.2, 0) is 4.79 Å². The first kappa shape index (κ1) is 17.5. The average Bonchev–Trinajstić information content (AvgIpc) is 2.98. The molecule has 1 heterocycles. The number of nitrogens with one attached hydrogen (secondary N) is 2. The maximum Gasteiger partial charge on any atom is 0.305 e. The standard InChI is InChI=1S/C20H20N2O4/c1-13-7-9-15(10-8-13)25-12-11-18(23)21-22-20(24)19-14(2)16-5-3-4-6-17(16)26-19/h3-10H,11-12H2,1-2H3,(H,21,23)(H,22,24). The van der Waals surface area contributed by atoms with E-state index in [9.17, 15) is 9.59 Å². The Bertz CT molecular complexity index is 929. The number of amides is 2. The average molecular weight is 352 g/mol. The molecule has 6 nitrogen and oxygen atoms in total. The fourth-order valence-corrected chi connectivity index (χ4v) is 2.53. The Hall–Kier alpha value is -3.28. The van der Waals surface area contributed by atoms with Gasteiger partial charge in [-0.15, -0.1) is 0 Å². The Morgan fingerprint density at radius 3 is 2.46 bits per heavy atom. The molecule has 2 N–H and O–H groups in total. The number of aryl methyl sites for hydroxylation is 2. The molecule has 0 aliphatic rings. The summed E-state index contributed by atoms with van der Waals surface area (Å²) in [6.07, 6.45) is 0.118. The highest BCUT2D eigenvalue weighted by Gasteiger charge is 2.17. The molecular formula is C20H20N2O4. The highest BCUT2D eigenvalue weighted by molar-refractivity contribution is 5.99. The second-order valence-electron chi connectivity index (χ2n) is 5.97. The third-order valence-electron chi connectivity index (χ3n) is 3.98. The lowest BCUT2D eigenvalue weighted by Gasteiger charge is -2.08. The number of benzene rings is 2. The van der Waals surface area contributed by atoms with Gasteiger partial charge in [0.05, 0.1) is 13.0 Å². The van der Waals surface area contributed by atoms with Crippen molar-refractivity contribution in [3.8, 4) is 5.75 Å². The van der Waals surface area contributed by atoms with Crippen LogP contribution in [0, 0.1) is 13.8 Å². The Balaban J connectivity index is 1.48. The number of carbonyl (C=O) groups excluding carboxylic acids is 2. The van der Waals surface area contributed by atoms with Crippen molar-refractivity contribution >= 4 is 22.8 Å². The number of para-hydroxylation sites is 1. The summed E-state index contributed by atoms with van der Waals surface area (Å²) in [7, 11) is 0. The van der Waals surface area contributed by atoms with E-state index in [1.54, 1.807) is 13.0 Å². The summed E-state index contributed by atoms with van der Waals surface area (Å²) in [5.74, 6) is 0.0403. The van der Waals surface area contributed by atoms with Gasteiger partial charge in [-0.1, -0.05) is 35.9 Å². The topological polar surface area (TPSA) is 80.6 Å². The molecule has 3 rings (SSSR count). The molecule has 1 aromatic heterocycles. The van der Waals surface area contributed by atoms with Crippen LogP contribution in [0.2, 0.25) is 0 Å². The SMILES string of the molecule is Cc1ccc(OCCC(=O)NNC(=O)c2oc3ccccc3c2C)cc1. The van der Waals surface area contributed by atoms with E-state index in [0.29, 0.717) is 11.3 Å². The van der Waals surface area contributed by atoms with Gasteiger partial charge in [0.15, 0.2) is 5.76 Å². The fraction of sp³-hybridized carbons (Fsp3) is 0.200. The fourth-order valence-electron chi connectivity index (χ4n) is 2.53. The minimum atomic E-state index is -0.494. The molecule has 2 aromatic carbocycles. The van der Waals surface area contributed by atoms with Gasteiger partial charge in [0, 0.05) is 10.9 Å². The van der Waals surface area contributed by atoms with Crippen LogP contribution in [0.3, 0.4) is 0 Å². The maximum atomic E-state index is 12.2. The molecule has 0 saturated heterocycles. The Labute approximate surface area is 151 Å². The van der Waals surface area contributed by atoms with Crippen LogP contribution < -0.4 is 15.6 Å². The first-order chi connectivity index (χ1) is 12.5. The minimum Gasteiger partial charge on any atom is -0.493 e. The van der Waals surface area contributed by atoms with Crippen molar-refractivity contribution in [2.24, 2.45) is 0 Å². The molecule has 0 fully saturated rings. The van der Waals surface area contributed by atoms with E-state index < -0.39 is 5.91 Å². The van der Waals surface area contributed by atoms with Crippen molar-refractivity contribution in [3.63, 3.8) is 0 Å². The van der Waals surface area contributed by atoms with Gasteiger partial charge in [-0.05, 0) is 32.0 Å². The number of hydrazine groups is 1. The van der Waals surface area contributed by atoms with Crippen LogP contribution in [0.15, 0.2) is 52.9 Å². The van der Waals surface area contributed by atoms with E-state index in [0.717, 1.165) is 16.5 Å². The molecule has 0 saturated carbocycles. The van der Waals surface area contributed by atoms with Gasteiger partial charge in [-0.3, -0.25) is 20.4 Å². The predicted octanol–water partition coefficient (Wildman–Crippen LogP) is 3.28. The summed E-state index contributed by atoms with van der Waals surface area (Å²) in [6.45, 7) is 4.01. The third kappa shape index (κ3) is 4.03. The molecule has 0 unspecified atom stereocenters. The van der Waals surface area contributed by atoms with Gasteiger partial charge in [0.25, 0.3) is 0 Å². The zero-order valence-electron chi connectivity index (χ0n) is 14.7. The maximum absolute atomic E-state index is 12.2. The van der Waals surface area contributed by atoms with E-state index in [-0.39, 0.29) is 24.7 Å². The Morgan fingerprint density at radius 2 is 1.73 bits per heavy atom. The van der Waals surface area contributed by atoms with Gasteiger partial charge < -0.3 is 9.15 Å². The highest BCUT2D eigenvalue weighted by Crippen LogP contribution is 2.24. The van der Waals surface area contributed by atoms with Crippen molar-refractivity contribution in [2.75, 3.05) is 6.61 Å². The van der Waals surface area contributed by atoms with Crippen LogP contribution >= 0.6 is 0 Å². The highest BCUT2D eigenvalue weighted by atomic mass is 16.5. The van der Waals surface area contributed by atoms with Gasteiger partial charge in [0.1, 0.15) is 11.3 Å². The second-order valence-corrected chi connectivity index (χ2v) is 5.97. The second kappa shape index (κ2) is 7.74. The Kier molecular flexibility index (Phi) is 5.22. The van der Waals surface area contributed by atoms with Gasteiger partial charge in [-0.2, -0.15) is 0 Å². The van der Waals surface area contributed by atoms with Crippen molar-refractivity contribution in [3.05, 3.63) is 65.4 Å². The lowest BCUT2D eigenvalue weighted by atomic mass is 10.1. The van der Waals surface area contributed by atoms with Crippen molar-refractivity contribution in [2.45, 2.75) is 20.3 Å².